The van der Waals surface area contributed by atoms with Crippen molar-refractivity contribution in [3.63, 3.8) is 0 Å². The number of fused-ring (bicyclic) bond motifs is 1. The number of nitrogens with one attached hydrogen (secondary N) is 1. The second-order valence-electron chi connectivity index (χ2n) is 5.12. The predicted octanol–water partition coefficient (Wildman–Crippen LogP) is 3.19. The van der Waals surface area contributed by atoms with Crippen LogP contribution in [0.15, 0.2) is 6.20 Å². The lowest BCUT2D eigenvalue weighted by atomic mass is 9.82. The predicted molar refractivity (Wildman–Crippen MR) is 56.1 cm³/mol. The molecule has 72 valence electrons. The van der Waals surface area contributed by atoms with E-state index in [1.165, 1.54) is 36.9 Å². The van der Waals surface area contributed by atoms with Crippen LogP contribution in [0.25, 0.3) is 0 Å². The van der Waals surface area contributed by atoms with Crippen LogP contribution >= 0.6 is 0 Å². The van der Waals surface area contributed by atoms with Crippen molar-refractivity contribution in [1.29, 1.82) is 0 Å². The van der Waals surface area contributed by atoms with E-state index in [1.54, 1.807) is 5.56 Å². The van der Waals surface area contributed by atoms with Gasteiger partial charge in [0.1, 0.15) is 0 Å². The van der Waals surface area contributed by atoms with Gasteiger partial charge in [-0.3, -0.25) is 0 Å². The Morgan fingerprint density at radius 3 is 2.54 bits per heavy atom. The van der Waals surface area contributed by atoms with Gasteiger partial charge in [0, 0.05) is 11.9 Å². The van der Waals surface area contributed by atoms with E-state index in [1.807, 2.05) is 0 Å². The minimum atomic E-state index is 0.307. The fraction of sp³-hybridized carbons (Fsp3) is 0.667. The van der Waals surface area contributed by atoms with Crippen molar-refractivity contribution < 1.29 is 0 Å². The maximum absolute atomic E-state index is 3.43. The second kappa shape index (κ2) is 2.90. The molecule has 1 aromatic heterocycles. The Morgan fingerprint density at radius 1 is 1.15 bits per heavy atom. The van der Waals surface area contributed by atoms with E-state index in [2.05, 4.69) is 32.0 Å². The van der Waals surface area contributed by atoms with Gasteiger partial charge >= 0.3 is 0 Å². The first-order valence-electron chi connectivity index (χ1n) is 5.28. The molecule has 1 heteroatoms. The molecule has 0 aliphatic heterocycles. The fourth-order valence-corrected chi connectivity index (χ4v) is 2.28. The molecule has 1 heterocycles. The van der Waals surface area contributed by atoms with E-state index in [0.717, 1.165) is 0 Å². The summed E-state index contributed by atoms with van der Waals surface area (Å²) in [6, 6.07) is 0. The van der Waals surface area contributed by atoms with Crippen LogP contribution in [0.2, 0.25) is 0 Å². The molecule has 1 aromatic rings. The highest BCUT2D eigenvalue weighted by molar-refractivity contribution is 5.37. The summed E-state index contributed by atoms with van der Waals surface area (Å²) in [6.45, 7) is 6.89. The minimum Gasteiger partial charge on any atom is -0.364 e. The summed E-state index contributed by atoms with van der Waals surface area (Å²) in [5, 5.41) is 0. The van der Waals surface area contributed by atoms with Crippen molar-refractivity contribution >= 4 is 0 Å². The summed E-state index contributed by atoms with van der Waals surface area (Å²) in [7, 11) is 0. The van der Waals surface area contributed by atoms with Gasteiger partial charge in [-0.2, -0.15) is 0 Å². The van der Waals surface area contributed by atoms with Gasteiger partial charge in [-0.1, -0.05) is 20.8 Å². The number of H-pyrrole nitrogens is 1. The highest BCUT2D eigenvalue weighted by Crippen LogP contribution is 2.31. The lowest BCUT2D eigenvalue weighted by molar-refractivity contribution is 0.574. The van der Waals surface area contributed by atoms with E-state index in [4.69, 9.17) is 0 Å². The standard InChI is InChI=1S/C12H19N/c1-12(2,3)10-8-13-11-7-5-4-6-9(10)11/h8,13H,4-7H2,1-3H3. The van der Waals surface area contributed by atoms with Gasteiger partial charge in [-0.15, -0.1) is 0 Å². The summed E-state index contributed by atoms with van der Waals surface area (Å²) in [4.78, 5) is 3.43. The first-order chi connectivity index (χ1) is 6.09. The number of hydrogen-bond donors (Lipinski definition) is 1. The third-order valence-corrected chi connectivity index (χ3v) is 2.99. The van der Waals surface area contributed by atoms with Crippen molar-refractivity contribution in [2.45, 2.75) is 51.9 Å². The molecule has 0 atom stereocenters. The summed E-state index contributed by atoms with van der Waals surface area (Å²) in [5.41, 5.74) is 4.94. The first kappa shape index (κ1) is 8.86. The molecule has 0 unspecified atom stereocenters. The van der Waals surface area contributed by atoms with Gasteiger partial charge in [0.25, 0.3) is 0 Å². The molecule has 0 spiro atoms. The number of aromatic nitrogens is 1. The lowest BCUT2D eigenvalue weighted by Gasteiger charge is -2.21. The zero-order chi connectivity index (χ0) is 9.47. The smallest absolute Gasteiger partial charge is 0.0182 e. The van der Waals surface area contributed by atoms with Gasteiger partial charge in [-0.25, -0.2) is 0 Å². The van der Waals surface area contributed by atoms with Gasteiger partial charge in [-0.05, 0) is 42.2 Å². The van der Waals surface area contributed by atoms with Crippen molar-refractivity contribution in [2.75, 3.05) is 0 Å². The Morgan fingerprint density at radius 2 is 1.85 bits per heavy atom. The van der Waals surface area contributed by atoms with Crippen LogP contribution < -0.4 is 0 Å². The van der Waals surface area contributed by atoms with Crippen LogP contribution in [-0.2, 0) is 18.3 Å². The molecule has 0 saturated carbocycles. The SMILES string of the molecule is CC(C)(C)c1c[nH]c2c1CCCC2. The molecule has 13 heavy (non-hydrogen) atoms. The minimum absolute atomic E-state index is 0.307. The van der Waals surface area contributed by atoms with Crippen LogP contribution in [-0.4, -0.2) is 4.98 Å². The van der Waals surface area contributed by atoms with E-state index >= 15 is 0 Å². The Bertz CT molecular complexity index is 301. The highest BCUT2D eigenvalue weighted by Gasteiger charge is 2.22. The number of aryl methyl sites for hydroxylation is 1. The first-order valence-corrected chi connectivity index (χ1v) is 5.28. The van der Waals surface area contributed by atoms with Crippen molar-refractivity contribution in [3.05, 3.63) is 23.0 Å². The molecule has 1 aliphatic rings. The Hall–Kier alpha value is -0.720. The molecule has 0 bridgehead atoms. The van der Waals surface area contributed by atoms with Crippen molar-refractivity contribution in [3.8, 4) is 0 Å². The Balaban J connectivity index is 2.43. The van der Waals surface area contributed by atoms with Crippen molar-refractivity contribution in [2.24, 2.45) is 0 Å². The van der Waals surface area contributed by atoms with Crippen LogP contribution in [0.3, 0.4) is 0 Å². The fourth-order valence-electron chi connectivity index (χ4n) is 2.28. The molecule has 0 aromatic carbocycles. The molecule has 1 nitrogen and oxygen atoms in total. The molecular weight excluding hydrogens is 158 g/mol. The van der Waals surface area contributed by atoms with E-state index in [9.17, 15) is 0 Å². The van der Waals surface area contributed by atoms with Crippen LogP contribution in [0, 0.1) is 0 Å². The molecule has 0 saturated heterocycles. The Kier molecular flexibility index (Phi) is 1.98. The molecule has 0 fully saturated rings. The Labute approximate surface area is 80.6 Å². The van der Waals surface area contributed by atoms with E-state index in [-0.39, 0.29) is 0 Å². The van der Waals surface area contributed by atoms with Gasteiger partial charge < -0.3 is 4.98 Å². The normalized spacial score (nSPS) is 17.2. The molecule has 1 N–H and O–H groups in total. The van der Waals surface area contributed by atoms with Crippen LogP contribution in [0.5, 0.6) is 0 Å². The summed E-state index contributed by atoms with van der Waals surface area (Å²) >= 11 is 0. The third kappa shape index (κ3) is 1.52. The molecular formula is C12H19N. The van der Waals surface area contributed by atoms with E-state index in [0.29, 0.717) is 5.41 Å². The van der Waals surface area contributed by atoms with Gasteiger partial charge in [0.2, 0.25) is 0 Å². The average Bonchev–Trinajstić information content (AvgIpc) is 2.45. The maximum atomic E-state index is 3.43. The second-order valence-corrected chi connectivity index (χ2v) is 5.12. The number of hydrogen-bond acceptors (Lipinski definition) is 0. The summed E-state index contributed by atoms with van der Waals surface area (Å²) in [5.74, 6) is 0. The monoisotopic (exact) mass is 177 g/mol. The summed E-state index contributed by atoms with van der Waals surface area (Å²) < 4.78 is 0. The molecule has 0 amide bonds. The highest BCUT2D eigenvalue weighted by atomic mass is 14.7. The quantitative estimate of drug-likeness (QED) is 0.626. The molecule has 1 aliphatic carbocycles. The number of rotatable bonds is 0. The lowest BCUT2D eigenvalue weighted by Crippen LogP contribution is -2.14. The van der Waals surface area contributed by atoms with Crippen LogP contribution in [0.4, 0.5) is 0 Å². The average molecular weight is 177 g/mol. The zero-order valence-corrected chi connectivity index (χ0v) is 8.91. The largest absolute Gasteiger partial charge is 0.364 e. The third-order valence-electron chi connectivity index (χ3n) is 2.99. The van der Waals surface area contributed by atoms with Gasteiger partial charge in [0.15, 0.2) is 0 Å². The molecule has 0 radical (unpaired) electrons. The van der Waals surface area contributed by atoms with Gasteiger partial charge in [0.05, 0.1) is 0 Å². The van der Waals surface area contributed by atoms with Crippen LogP contribution in [0.1, 0.15) is 50.4 Å². The maximum Gasteiger partial charge on any atom is 0.0182 e. The van der Waals surface area contributed by atoms with E-state index < -0.39 is 0 Å². The van der Waals surface area contributed by atoms with Crippen molar-refractivity contribution in [1.82, 2.24) is 4.98 Å². The summed E-state index contributed by atoms with van der Waals surface area (Å²) in [6.07, 6.45) is 7.48. The molecule has 2 rings (SSSR count). The zero-order valence-electron chi connectivity index (χ0n) is 8.91. The number of aromatic amines is 1. The topological polar surface area (TPSA) is 15.8 Å².